The molecule has 2 heterocycles. The topological polar surface area (TPSA) is 83.5 Å². The standard InChI is InChI=1S/C16H19FN4O3S2/c1-2-14-15(25-19-18-14)16(22)20-8-3-9-21(11-10-20)26(23,24)13-6-4-12(17)5-7-13/h4-7H,2-3,8-11H2,1H3. The van der Waals surface area contributed by atoms with Crippen LogP contribution in [0.25, 0.3) is 0 Å². The first-order valence-electron chi connectivity index (χ1n) is 8.29. The van der Waals surface area contributed by atoms with Gasteiger partial charge in [-0.3, -0.25) is 4.79 Å². The molecule has 1 aromatic heterocycles. The van der Waals surface area contributed by atoms with Crippen LogP contribution in [0.1, 0.15) is 28.7 Å². The smallest absolute Gasteiger partial charge is 0.267 e. The fraction of sp³-hybridized carbons (Fsp3) is 0.438. The lowest BCUT2D eigenvalue weighted by Crippen LogP contribution is -2.37. The molecular formula is C16H19FN4O3S2. The monoisotopic (exact) mass is 398 g/mol. The van der Waals surface area contributed by atoms with Crippen molar-refractivity contribution >= 4 is 27.5 Å². The molecule has 1 aliphatic heterocycles. The summed E-state index contributed by atoms with van der Waals surface area (Å²) in [5.74, 6) is -0.639. The summed E-state index contributed by atoms with van der Waals surface area (Å²) < 4.78 is 43.7. The molecule has 2 aromatic rings. The van der Waals surface area contributed by atoms with E-state index >= 15 is 0 Å². The van der Waals surface area contributed by atoms with E-state index in [0.29, 0.717) is 43.0 Å². The Morgan fingerprint density at radius 2 is 1.92 bits per heavy atom. The maximum atomic E-state index is 13.1. The molecule has 0 aliphatic carbocycles. The predicted octanol–water partition coefficient (Wildman–Crippen LogP) is 1.78. The van der Waals surface area contributed by atoms with Gasteiger partial charge in [-0.1, -0.05) is 11.4 Å². The third-order valence-corrected chi connectivity index (χ3v) is 6.95. The summed E-state index contributed by atoms with van der Waals surface area (Å²) in [7, 11) is -3.71. The van der Waals surface area contributed by atoms with Crippen LogP contribution in [0.4, 0.5) is 4.39 Å². The zero-order valence-corrected chi connectivity index (χ0v) is 15.9. The number of sulfonamides is 1. The lowest BCUT2D eigenvalue weighted by Gasteiger charge is -2.21. The van der Waals surface area contributed by atoms with Gasteiger partial charge in [0.15, 0.2) is 0 Å². The predicted molar refractivity (Wildman–Crippen MR) is 95.0 cm³/mol. The van der Waals surface area contributed by atoms with E-state index in [4.69, 9.17) is 0 Å². The third kappa shape index (κ3) is 3.76. The third-order valence-electron chi connectivity index (χ3n) is 4.28. The summed E-state index contributed by atoms with van der Waals surface area (Å²) in [6, 6.07) is 4.77. The van der Waals surface area contributed by atoms with Crippen molar-refractivity contribution < 1.29 is 17.6 Å². The second-order valence-electron chi connectivity index (χ2n) is 5.91. The Labute approximate surface area is 155 Å². The minimum atomic E-state index is -3.71. The largest absolute Gasteiger partial charge is 0.336 e. The van der Waals surface area contributed by atoms with Crippen molar-refractivity contribution in [2.24, 2.45) is 0 Å². The number of nitrogens with zero attached hydrogens (tertiary/aromatic N) is 4. The van der Waals surface area contributed by atoms with Gasteiger partial charge in [-0.05, 0) is 48.6 Å². The van der Waals surface area contributed by atoms with Crippen molar-refractivity contribution in [3.8, 4) is 0 Å². The minimum absolute atomic E-state index is 0.0543. The molecule has 0 N–H and O–H groups in total. The fourth-order valence-electron chi connectivity index (χ4n) is 2.84. The molecule has 0 saturated carbocycles. The van der Waals surface area contributed by atoms with Crippen LogP contribution in [-0.2, 0) is 16.4 Å². The second kappa shape index (κ2) is 7.77. The fourth-order valence-corrected chi connectivity index (χ4v) is 5.03. The Morgan fingerprint density at radius 3 is 2.62 bits per heavy atom. The number of rotatable bonds is 4. The zero-order valence-electron chi connectivity index (χ0n) is 14.3. The average Bonchev–Trinajstić information content (AvgIpc) is 2.96. The summed E-state index contributed by atoms with van der Waals surface area (Å²) in [6.07, 6.45) is 1.15. The van der Waals surface area contributed by atoms with Crippen molar-refractivity contribution in [3.63, 3.8) is 0 Å². The molecule has 0 unspecified atom stereocenters. The number of aryl methyl sites for hydroxylation is 1. The first-order chi connectivity index (χ1) is 12.4. The van der Waals surface area contributed by atoms with Crippen LogP contribution >= 0.6 is 11.5 Å². The highest BCUT2D eigenvalue weighted by atomic mass is 32.2. The minimum Gasteiger partial charge on any atom is -0.336 e. The summed E-state index contributed by atoms with van der Waals surface area (Å²) in [6.45, 7) is 3.17. The number of amides is 1. The Hall–Kier alpha value is -1.91. The maximum Gasteiger partial charge on any atom is 0.267 e. The van der Waals surface area contributed by atoms with E-state index in [9.17, 15) is 17.6 Å². The van der Waals surface area contributed by atoms with Gasteiger partial charge in [0.2, 0.25) is 10.0 Å². The number of halogens is 1. The number of hydrogen-bond donors (Lipinski definition) is 0. The van der Waals surface area contributed by atoms with Gasteiger partial charge in [-0.25, -0.2) is 12.8 Å². The van der Waals surface area contributed by atoms with Gasteiger partial charge in [0, 0.05) is 26.2 Å². The SMILES string of the molecule is CCc1nnsc1C(=O)N1CCCN(S(=O)(=O)c2ccc(F)cc2)CC1. The number of carbonyl (C=O) groups is 1. The van der Waals surface area contributed by atoms with E-state index in [1.807, 2.05) is 6.92 Å². The molecule has 26 heavy (non-hydrogen) atoms. The first kappa shape index (κ1) is 18.9. The molecule has 0 bridgehead atoms. The van der Waals surface area contributed by atoms with Gasteiger partial charge >= 0.3 is 0 Å². The van der Waals surface area contributed by atoms with Crippen LogP contribution in [0.5, 0.6) is 0 Å². The highest BCUT2D eigenvalue weighted by Crippen LogP contribution is 2.20. The van der Waals surface area contributed by atoms with Crippen LogP contribution in [0.3, 0.4) is 0 Å². The molecule has 1 aliphatic rings. The van der Waals surface area contributed by atoms with E-state index < -0.39 is 15.8 Å². The molecule has 0 atom stereocenters. The van der Waals surface area contributed by atoms with Crippen molar-refractivity contribution in [1.82, 2.24) is 18.8 Å². The van der Waals surface area contributed by atoms with Crippen LogP contribution in [0.2, 0.25) is 0 Å². The van der Waals surface area contributed by atoms with Gasteiger partial charge in [-0.2, -0.15) is 4.31 Å². The normalized spacial score (nSPS) is 16.5. The summed E-state index contributed by atoms with van der Waals surface area (Å²) >= 11 is 1.07. The van der Waals surface area contributed by atoms with E-state index in [1.54, 1.807) is 4.90 Å². The molecule has 0 radical (unpaired) electrons. The molecule has 3 rings (SSSR count). The van der Waals surface area contributed by atoms with Gasteiger partial charge in [0.25, 0.3) is 5.91 Å². The lowest BCUT2D eigenvalue weighted by molar-refractivity contribution is 0.0768. The van der Waals surface area contributed by atoms with E-state index in [-0.39, 0.29) is 17.3 Å². The molecule has 0 spiro atoms. The van der Waals surface area contributed by atoms with Crippen LogP contribution < -0.4 is 0 Å². The summed E-state index contributed by atoms with van der Waals surface area (Å²) in [5.41, 5.74) is 0.667. The Bertz CT molecular complexity index is 883. The van der Waals surface area contributed by atoms with Crippen molar-refractivity contribution in [2.45, 2.75) is 24.7 Å². The highest BCUT2D eigenvalue weighted by molar-refractivity contribution is 7.89. The number of hydrogen-bond acceptors (Lipinski definition) is 6. The van der Waals surface area contributed by atoms with Gasteiger partial charge in [0.1, 0.15) is 10.7 Å². The molecule has 7 nitrogen and oxygen atoms in total. The first-order valence-corrected chi connectivity index (χ1v) is 10.5. The van der Waals surface area contributed by atoms with Crippen molar-refractivity contribution in [1.29, 1.82) is 0 Å². The second-order valence-corrected chi connectivity index (χ2v) is 8.60. The van der Waals surface area contributed by atoms with Gasteiger partial charge in [0.05, 0.1) is 10.6 Å². The van der Waals surface area contributed by atoms with Crippen molar-refractivity contribution in [3.05, 3.63) is 40.7 Å². The number of carbonyl (C=O) groups excluding carboxylic acids is 1. The zero-order chi connectivity index (χ0) is 18.7. The van der Waals surface area contributed by atoms with Crippen LogP contribution in [0.15, 0.2) is 29.2 Å². The molecule has 1 amide bonds. The number of aromatic nitrogens is 2. The summed E-state index contributed by atoms with van der Waals surface area (Å²) in [5, 5.41) is 3.96. The van der Waals surface area contributed by atoms with Crippen molar-refractivity contribution in [2.75, 3.05) is 26.2 Å². The molecule has 10 heteroatoms. The quantitative estimate of drug-likeness (QED) is 0.784. The van der Waals surface area contributed by atoms with Crippen LogP contribution in [0, 0.1) is 5.82 Å². The average molecular weight is 398 g/mol. The highest BCUT2D eigenvalue weighted by Gasteiger charge is 2.29. The molecule has 1 aromatic carbocycles. The Kier molecular flexibility index (Phi) is 5.64. The Balaban J connectivity index is 1.74. The maximum absolute atomic E-state index is 13.1. The van der Waals surface area contributed by atoms with E-state index in [0.717, 1.165) is 23.7 Å². The molecule has 140 valence electrons. The Morgan fingerprint density at radius 1 is 1.19 bits per heavy atom. The molecule has 1 saturated heterocycles. The van der Waals surface area contributed by atoms with E-state index in [2.05, 4.69) is 9.59 Å². The lowest BCUT2D eigenvalue weighted by atomic mass is 10.2. The number of benzene rings is 1. The molecule has 1 fully saturated rings. The molecular weight excluding hydrogens is 379 g/mol. The van der Waals surface area contributed by atoms with Gasteiger partial charge < -0.3 is 4.90 Å². The summed E-state index contributed by atoms with van der Waals surface area (Å²) in [4.78, 5) is 14.9. The van der Waals surface area contributed by atoms with Crippen LogP contribution in [-0.4, -0.2) is 59.3 Å². The van der Waals surface area contributed by atoms with Gasteiger partial charge in [-0.15, -0.1) is 5.10 Å². The van der Waals surface area contributed by atoms with E-state index in [1.165, 1.54) is 16.4 Å².